The number of ether oxygens (including phenoxy) is 1. The number of azo groups is 1. The number of alkyl halides is 3. The molecule has 0 bridgehead atoms. The fourth-order valence-corrected chi connectivity index (χ4v) is 4.67. The molecule has 1 heterocycles. The van der Waals surface area contributed by atoms with Gasteiger partial charge in [0.2, 0.25) is 5.11 Å². The summed E-state index contributed by atoms with van der Waals surface area (Å²) < 4.78 is 43.0. The van der Waals surface area contributed by atoms with E-state index in [0.29, 0.717) is 23.6 Å². The minimum absolute atomic E-state index is 0.283. The maximum Gasteiger partial charge on any atom is 0.573 e. The average Bonchev–Trinajstić information content (AvgIpc) is 3.33. The van der Waals surface area contributed by atoms with Crippen LogP contribution in [0.4, 0.5) is 18.9 Å². The third kappa shape index (κ3) is 5.72. The molecule has 0 unspecified atom stereocenters. The number of thiocarbonyl (C=S) groups is 1. The number of aryl methyl sites for hydroxylation is 1. The van der Waals surface area contributed by atoms with Gasteiger partial charge in [0.25, 0.3) is 0 Å². The lowest BCUT2D eigenvalue weighted by Crippen LogP contribution is -2.17. The van der Waals surface area contributed by atoms with E-state index in [4.69, 9.17) is 12.2 Å². The van der Waals surface area contributed by atoms with E-state index in [0.717, 1.165) is 46.6 Å². The van der Waals surface area contributed by atoms with E-state index in [9.17, 15) is 13.2 Å². The highest BCUT2D eigenvalue weighted by atomic mass is 32.1. The van der Waals surface area contributed by atoms with Crippen LogP contribution in [-0.4, -0.2) is 26.5 Å². The number of hydrogen-bond acceptors (Lipinski definition) is 5. The molecule has 5 rings (SSSR count). The van der Waals surface area contributed by atoms with Crippen molar-refractivity contribution in [1.29, 1.82) is 0 Å². The van der Waals surface area contributed by atoms with Crippen molar-refractivity contribution in [3.05, 3.63) is 95.0 Å². The quantitative estimate of drug-likeness (QED) is 0.278. The molecular weight excluding hydrogens is 513 g/mol. The SMILES string of the molecule is CCc1ccccc1NC(=S)/N=N/C=C1\C=CC2=C(CCc3c2nnn3-c2ccc(OC(F)(F)F)cc2)C1. The number of anilines is 1. The summed E-state index contributed by atoms with van der Waals surface area (Å²) in [5, 5.41) is 20.3. The summed E-state index contributed by atoms with van der Waals surface area (Å²) in [7, 11) is 0. The predicted molar refractivity (Wildman–Crippen MR) is 142 cm³/mol. The molecule has 0 radical (unpaired) electrons. The van der Waals surface area contributed by atoms with E-state index in [1.54, 1.807) is 10.9 Å². The number of nitrogens with one attached hydrogen (secondary N) is 1. The van der Waals surface area contributed by atoms with E-state index in [-0.39, 0.29) is 5.75 Å². The summed E-state index contributed by atoms with van der Waals surface area (Å²) in [5.41, 5.74) is 7.61. The van der Waals surface area contributed by atoms with E-state index in [1.807, 2.05) is 36.4 Å². The minimum Gasteiger partial charge on any atom is -0.406 e. The molecule has 2 aliphatic rings. The molecule has 0 fully saturated rings. The molecule has 3 aromatic rings. The third-order valence-electron chi connectivity index (χ3n) is 6.27. The van der Waals surface area contributed by atoms with Crippen LogP contribution in [0.25, 0.3) is 11.3 Å². The molecule has 0 amide bonds. The molecule has 38 heavy (non-hydrogen) atoms. The Balaban J connectivity index is 1.26. The van der Waals surface area contributed by atoms with Crippen LogP contribution in [0.15, 0.2) is 88.3 Å². The molecule has 194 valence electrons. The number of aromatic nitrogens is 3. The minimum atomic E-state index is -4.73. The zero-order valence-corrected chi connectivity index (χ0v) is 21.2. The summed E-state index contributed by atoms with van der Waals surface area (Å²) in [6, 6.07) is 13.5. The highest BCUT2D eigenvalue weighted by Gasteiger charge is 2.31. The molecule has 0 spiro atoms. The van der Waals surface area contributed by atoms with E-state index in [2.05, 4.69) is 37.5 Å². The highest BCUT2D eigenvalue weighted by molar-refractivity contribution is 7.80. The zero-order chi connectivity index (χ0) is 26.7. The number of rotatable bonds is 5. The second-order valence-electron chi connectivity index (χ2n) is 8.73. The fourth-order valence-electron chi connectivity index (χ4n) is 4.51. The number of para-hydroxylation sites is 1. The van der Waals surface area contributed by atoms with Crippen LogP contribution in [0.3, 0.4) is 0 Å². The summed E-state index contributed by atoms with van der Waals surface area (Å²) in [6.45, 7) is 2.08. The standard InChI is InChI=1S/C27H23F3N6OS/c1-2-18-5-3-4-6-23(18)32-26(38)34-31-16-17-7-13-22-19(15-17)8-14-24-25(22)33-35-36(24)20-9-11-21(12-10-20)37-27(28,29)30/h3-7,9-13,16H,2,8,14-15H2,1H3,(H,32,38)/b17-16+,34-31+. The van der Waals surface area contributed by atoms with Gasteiger partial charge in [-0.15, -0.1) is 23.4 Å². The molecule has 2 aliphatic carbocycles. The normalized spacial score (nSPS) is 16.1. The Morgan fingerprint density at radius 1 is 1.13 bits per heavy atom. The van der Waals surface area contributed by atoms with Gasteiger partial charge in [-0.3, -0.25) is 0 Å². The first-order valence-corrected chi connectivity index (χ1v) is 12.4. The van der Waals surface area contributed by atoms with Crippen molar-refractivity contribution >= 4 is 28.6 Å². The smallest absolute Gasteiger partial charge is 0.406 e. The average molecular weight is 537 g/mol. The lowest BCUT2D eigenvalue weighted by molar-refractivity contribution is -0.274. The van der Waals surface area contributed by atoms with E-state index < -0.39 is 6.36 Å². The number of halogens is 3. The van der Waals surface area contributed by atoms with Gasteiger partial charge in [-0.25, -0.2) is 4.68 Å². The largest absolute Gasteiger partial charge is 0.573 e. The van der Waals surface area contributed by atoms with Crippen LogP contribution in [0.1, 0.15) is 36.7 Å². The molecule has 7 nitrogen and oxygen atoms in total. The Kier molecular flexibility index (Phi) is 7.19. The Morgan fingerprint density at radius 2 is 1.92 bits per heavy atom. The number of allylic oxidation sites excluding steroid dienone is 5. The molecule has 1 aromatic heterocycles. The maximum absolute atomic E-state index is 12.5. The van der Waals surface area contributed by atoms with E-state index >= 15 is 0 Å². The zero-order valence-electron chi connectivity index (χ0n) is 20.4. The monoisotopic (exact) mass is 536 g/mol. The van der Waals surface area contributed by atoms with Gasteiger partial charge in [0.1, 0.15) is 11.4 Å². The van der Waals surface area contributed by atoms with Gasteiger partial charge in [0, 0.05) is 11.3 Å². The van der Waals surface area contributed by atoms with Gasteiger partial charge in [0.05, 0.1) is 17.6 Å². The number of benzene rings is 2. The van der Waals surface area contributed by atoms with Crippen LogP contribution >= 0.6 is 12.2 Å². The molecule has 0 saturated carbocycles. The molecular formula is C27H23F3N6OS. The van der Waals surface area contributed by atoms with Crippen molar-refractivity contribution in [1.82, 2.24) is 15.0 Å². The second-order valence-corrected chi connectivity index (χ2v) is 9.11. The summed E-state index contributed by atoms with van der Waals surface area (Å²) >= 11 is 5.32. The van der Waals surface area contributed by atoms with Gasteiger partial charge in [-0.1, -0.05) is 48.1 Å². The van der Waals surface area contributed by atoms with Crippen molar-refractivity contribution < 1.29 is 17.9 Å². The molecule has 2 aromatic carbocycles. The fraction of sp³-hybridized carbons (Fsp3) is 0.222. The Labute approximate surface area is 222 Å². The van der Waals surface area contributed by atoms with Crippen molar-refractivity contribution in [2.24, 2.45) is 10.2 Å². The summed E-state index contributed by atoms with van der Waals surface area (Å²) in [4.78, 5) is 0. The van der Waals surface area contributed by atoms with Gasteiger partial charge < -0.3 is 10.1 Å². The number of fused-ring (bicyclic) bond motifs is 2. The highest BCUT2D eigenvalue weighted by Crippen LogP contribution is 2.38. The van der Waals surface area contributed by atoms with E-state index in [1.165, 1.54) is 29.8 Å². The van der Waals surface area contributed by atoms with Gasteiger partial charge in [-0.2, -0.15) is 5.11 Å². The molecule has 0 atom stereocenters. The number of hydrogen-bond donors (Lipinski definition) is 1. The second kappa shape index (κ2) is 10.7. The van der Waals surface area contributed by atoms with Crippen LogP contribution in [0, 0.1) is 0 Å². The lowest BCUT2D eigenvalue weighted by atomic mass is 9.84. The first-order valence-electron chi connectivity index (χ1n) is 12.0. The van der Waals surface area contributed by atoms with Crippen LogP contribution < -0.4 is 10.1 Å². The molecule has 0 saturated heterocycles. The van der Waals surface area contributed by atoms with Crippen molar-refractivity contribution in [2.45, 2.75) is 39.0 Å². The van der Waals surface area contributed by atoms with Crippen molar-refractivity contribution in [2.75, 3.05) is 5.32 Å². The van der Waals surface area contributed by atoms with Gasteiger partial charge in [0.15, 0.2) is 0 Å². The summed E-state index contributed by atoms with van der Waals surface area (Å²) in [5.74, 6) is -0.283. The number of nitrogens with zero attached hydrogens (tertiary/aromatic N) is 5. The van der Waals surface area contributed by atoms with Crippen molar-refractivity contribution in [3.63, 3.8) is 0 Å². The van der Waals surface area contributed by atoms with Crippen LogP contribution in [-0.2, 0) is 12.8 Å². The molecule has 0 aliphatic heterocycles. The topological polar surface area (TPSA) is 76.7 Å². The Hall–Kier alpha value is -4.12. The maximum atomic E-state index is 12.5. The third-order valence-corrected chi connectivity index (χ3v) is 6.45. The first-order chi connectivity index (χ1) is 18.3. The summed E-state index contributed by atoms with van der Waals surface area (Å²) in [6.07, 6.45) is 4.03. The molecule has 11 heteroatoms. The Bertz CT molecular complexity index is 1490. The van der Waals surface area contributed by atoms with Crippen LogP contribution in [0.2, 0.25) is 0 Å². The van der Waals surface area contributed by atoms with Crippen molar-refractivity contribution in [3.8, 4) is 11.4 Å². The Morgan fingerprint density at radius 3 is 2.68 bits per heavy atom. The first kappa shape index (κ1) is 25.5. The predicted octanol–water partition coefficient (Wildman–Crippen LogP) is 7.12. The lowest BCUT2D eigenvalue weighted by Gasteiger charge is -2.22. The van der Waals surface area contributed by atoms with Crippen LogP contribution in [0.5, 0.6) is 5.75 Å². The molecule has 1 N–H and O–H groups in total. The van der Waals surface area contributed by atoms with Gasteiger partial charge in [-0.05, 0) is 79.4 Å². The van der Waals surface area contributed by atoms with Gasteiger partial charge >= 0.3 is 6.36 Å².